The molecule has 0 aliphatic heterocycles. The molecule has 0 radical (unpaired) electrons. The Morgan fingerprint density at radius 2 is 1.89 bits per heavy atom. The predicted octanol–water partition coefficient (Wildman–Crippen LogP) is 4.46. The molecule has 0 aliphatic rings. The zero-order chi connectivity index (χ0) is 26.4. The van der Waals surface area contributed by atoms with Crippen molar-refractivity contribution in [3.8, 4) is 11.3 Å². The lowest BCUT2D eigenvalue weighted by Gasteiger charge is -2.23. The smallest absolute Gasteiger partial charge is 0.260 e. The monoisotopic (exact) mass is 509 g/mol. The van der Waals surface area contributed by atoms with Gasteiger partial charge in [-0.05, 0) is 65.3 Å². The van der Waals surface area contributed by atoms with E-state index in [2.05, 4.69) is 20.1 Å². The summed E-state index contributed by atoms with van der Waals surface area (Å²) in [6.45, 7) is 10.8. The van der Waals surface area contributed by atoms with E-state index in [1.165, 1.54) is 6.20 Å². The van der Waals surface area contributed by atoms with Crippen molar-refractivity contribution in [2.45, 2.75) is 58.1 Å². The lowest BCUT2D eigenvalue weighted by atomic mass is 9.99. The molecule has 4 aromatic rings. The van der Waals surface area contributed by atoms with Gasteiger partial charge in [-0.2, -0.15) is 5.10 Å². The molecule has 4 rings (SSSR count). The average molecular weight is 510 g/mol. The van der Waals surface area contributed by atoms with Gasteiger partial charge in [0.1, 0.15) is 11.3 Å². The summed E-state index contributed by atoms with van der Waals surface area (Å²) in [5.41, 5.74) is 2.82. The van der Waals surface area contributed by atoms with Crippen LogP contribution >= 0.6 is 0 Å². The lowest BCUT2D eigenvalue weighted by molar-refractivity contribution is 0.490. The first-order valence-electron chi connectivity index (χ1n) is 11.6. The highest BCUT2D eigenvalue weighted by molar-refractivity contribution is 7.89. The van der Waals surface area contributed by atoms with Gasteiger partial charge in [-0.15, -0.1) is 0 Å². The molecule has 0 aliphatic carbocycles. The number of rotatable bonds is 6. The van der Waals surface area contributed by atoms with Crippen molar-refractivity contribution in [3.05, 3.63) is 69.8 Å². The Balaban J connectivity index is 1.83. The molecule has 1 unspecified atom stereocenters. The summed E-state index contributed by atoms with van der Waals surface area (Å²) in [7, 11) is -2.09. The summed E-state index contributed by atoms with van der Waals surface area (Å²) in [4.78, 5) is 17.5. The van der Waals surface area contributed by atoms with Crippen molar-refractivity contribution in [1.29, 1.82) is 0 Å². The van der Waals surface area contributed by atoms with Crippen LogP contribution in [0.25, 0.3) is 22.3 Å². The second-order valence-electron chi connectivity index (χ2n) is 10.1. The Bertz CT molecular complexity index is 1610. The molecule has 0 fully saturated rings. The number of aryl methyl sites for hydroxylation is 2. The summed E-state index contributed by atoms with van der Waals surface area (Å²) in [6, 6.07) is 6.67. The number of fused-ring (bicyclic) bond motifs is 1. The number of anilines is 1. The van der Waals surface area contributed by atoms with E-state index >= 15 is 0 Å². The summed E-state index contributed by atoms with van der Waals surface area (Å²) in [5.74, 6) is 0.455. The van der Waals surface area contributed by atoms with E-state index < -0.39 is 21.6 Å². The molecule has 2 N–H and O–H groups in total. The van der Waals surface area contributed by atoms with Crippen molar-refractivity contribution < 1.29 is 12.8 Å². The van der Waals surface area contributed by atoms with Crippen LogP contribution in [0.1, 0.15) is 50.4 Å². The topological polar surface area (TPSA) is 119 Å². The second kappa shape index (κ2) is 9.18. The Hall–Kier alpha value is -3.50. The normalized spacial score (nSPS) is 13.2. The second-order valence-corrected chi connectivity index (χ2v) is 11.7. The minimum Gasteiger partial charge on any atom is -0.455 e. The Morgan fingerprint density at radius 3 is 2.53 bits per heavy atom. The van der Waals surface area contributed by atoms with Gasteiger partial charge in [0, 0.05) is 36.1 Å². The van der Waals surface area contributed by atoms with E-state index in [-0.39, 0.29) is 10.5 Å². The first-order chi connectivity index (χ1) is 16.8. The third-order valence-electron chi connectivity index (χ3n) is 5.66. The van der Waals surface area contributed by atoms with Crippen molar-refractivity contribution in [1.82, 2.24) is 19.5 Å². The molecular formula is C26H31N5O4S. The van der Waals surface area contributed by atoms with Gasteiger partial charge in [0.25, 0.3) is 10.0 Å². The van der Waals surface area contributed by atoms with E-state index in [0.717, 1.165) is 11.1 Å². The molecule has 1 aromatic carbocycles. The number of hydrogen-bond donors (Lipinski definition) is 2. The number of hydrogen-bond acceptors (Lipinski definition) is 7. The van der Waals surface area contributed by atoms with Gasteiger partial charge in [-0.3, -0.25) is 9.48 Å². The van der Waals surface area contributed by atoms with Crippen LogP contribution in [-0.2, 0) is 17.1 Å². The maximum atomic E-state index is 13.3. The summed E-state index contributed by atoms with van der Waals surface area (Å²) >= 11 is 0. The summed E-state index contributed by atoms with van der Waals surface area (Å²) in [5, 5.41) is 7.85. The minimum absolute atomic E-state index is 0.0999. The van der Waals surface area contributed by atoms with Crippen LogP contribution in [0.3, 0.4) is 0 Å². The SMILES string of the molecule is Cc1cc(C(C)Nc2cccnc2S(=O)(=O)NC(C)(C)C)c2oc(-c3cnn(C)c3)c(C)c(=O)c2c1. The molecule has 36 heavy (non-hydrogen) atoms. The van der Waals surface area contributed by atoms with Crippen molar-refractivity contribution in [3.63, 3.8) is 0 Å². The standard InChI is InChI=1S/C26H31N5O4S/c1-15-11-19(17(3)29-21-9-8-10-27-25(21)36(33,34)30-26(4,5)6)24-20(12-15)22(32)16(2)23(35-24)18-13-28-31(7)14-18/h8-14,17,29-30H,1-7H3. The highest BCUT2D eigenvalue weighted by Crippen LogP contribution is 2.33. The van der Waals surface area contributed by atoms with Crippen molar-refractivity contribution >= 4 is 26.7 Å². The van der Waals surface area contributed by atoms with E-state index in [1.54, 1.807) is 64.0 Å². The third kappa shape index (κ3) is 5.05. The van der Waals surface area contributed by atoms with Crippen molar-refractivity contribution in [2.75, 3.05) is 5.32 Å². The molecule has 10 heteroatoms. The number of pyridine rings is 1. The fourth-order valence-electron chi connectivity index (χ4n) is 4.18. The number of sulfonamides is 1. The first-order valence-corrected chi connectivity index (χ1v) is 13.1. The van der Waals surface area contributed by atoms with E-state index in [0.29, 0.717) is 33.5 Å². The van der Waals surface area contributed by atoms with Crippen LogP contribution in [0, 0.1) is 13.8 Å². The van der Waals surface area contributed by atoms with Gasteiger partial charge in [-0.1, -0.05) is 6.07 Å². The third-order valence-corrected chi connectivity index (χ3v) is 7.38. The maximum absolute atomic E-state index is 13.3. The van der Waals surface area contributed by atoms with Gasteiger partial charge >= 0.3 is 0 Å². The van der Waals surface area contributed by atoms with Crippen molar-refractivity contribution in [2.24, 2.45) is 7.05 Å². The highest BCUT2D eigenvalue weighted by atomic mass is 32.2. The molecule has 9 nitrogen and oxygen atoms in total. The Morgan fingerprint density at radius 1 is 1.17 bits per heavy atom. The molecule has 190 valence electrons. The van der Waals surface area contributed by atoms with Crippen LogP contribution in [0.4, 0.5) is 5.69 Å². The van der Waals surface area contributed by atoms with Gasteiger partial charge in [-0.25, -0.2) is 18.1 Å². The molecule has 3 heterocycles. The summed E-state index contributed by atoms with van der Waals surface area (Å²) < 4.78 is 36.8. The quantitative estimate of drug-likeness (QED) is 0.394. The van der Waals surface area contributed by atoms with Crippen LogP contribution in [-0.4, -0.2) is 28.7 Å². The fourth-order valence-corrected chi connectivity index (χ4v) is 5.70. The highest BCUT2D eigenvalue weighted by Gasteiger charge is 2.27. The van der Waals surface area contributed by atoms with Crippen LogP contribution in [0.2, 0.25) is 0 Å². The first kappa shape index (κ1) is 25.6. The van der Waals surface area contributed by atoms with Gasteiger partial charge in [0.2, 0.25) is 0 Å². The van der Waals surface area contributed by atoms with E-state index in [1.807, 2.05) is 26.0 Å². The Kier molecular flexibility index (Phi) is 6.52. The summed E-state index contributed by atoms with van der Waals surface area (Å²) in [6.07, 6.45) is 4.89. The largest absolute Gasteiger partial charge is 0.455 e. The van der Waals surface area contributed by atoms with Gasteiger partial charge in [0.05, 0.1) is 28.9 Å². The number of nitrogens with one attached hydrogen (secondary N) is 2. The number of aromatic nitrogens is 3. The van der Waals surface area contributed by atoms with Gasteiger partial charge in [0.15, 0.2) is 10.5 Å². The maximum Gasteiger partial charge on any atom is 0.260 e. The molecular weight excluding hydrogens is 478 g/mol. The van der Waals surface area contributed by atoms with Crippen LogP contribution in [0.5, 0.6) is 0 Å². The molecule has 0 bridgehead atoms. The molecule has 0 spiro atoms. The Labute approximate surface area is 210 Å². The zero-order valence-corrected chi connectivity index (χ0v) is 22.3. The fraction of sp³-hybridized carbons (Fsp3) is 0.346. The number of nitrogens with zero attached hydrogens (tertiary/aromatic N) is 3. The zero-order valence-electron chi connectivity index (χ0n) is 21.5. The molecule has 0 saturated carbocycles. The average Bonchev–Trinajstić information content (AvgIpc) is 3.20. The molecule has 0 amide bonds. The van der Waals surface area contributed by atoms with E-state index in [4.69, 9.17) is 4.42 Å². The van der Waals surface area contributed by atoms with E-state index in [9.17, 15) is 13.2 Å². The van der Waals surface area contributed by atoms with Crippen LogP contribution in [0.15, 0.2) is 57.1 Å². The lowest BCUT2D eigenvalue weighted by Crippen LogP contribution is -2.41. The van der Waals surface area contributed by atoms with Crippen LogP contribution < -0.4 is 15.5 Å². The molecule has 3 aromatic heterocycles. The molecule has 1 atom stereocenters. The predicted molar refractivity (Wildman–Crippen MR) is 141 cm³/mol. The number of benzene rings is 1. The minimum atomic E-state index is -3.89. The molecule has 0 saturated heterocycles. The van der Waals surface area contributed by atoms with Gasteiger partial charge < -0.3 is 9.73 Å².